The molecule has 0 saturated heterocycles. The molecule has 7 amide bonds. The highest BCUT2D eigenvalue weighted by molar-refractivity contribution is 5.92. The maximum atomic E-state index is 12.9. The first-order chi connectivity index (χ1) is 28.3. The van der Waals surface area contributed by atoms with Crippen molar-refractivity contribution in [3.8, 4) is 0 Å². The van der Waals surface area contributed by atoms with Gasteiger partial charge in [0.05, 0.1) is 85.3 Å². The number of amides is 7. The Balaban J connectivity index is 3.77. The molecule has 342 valence electrons. The van der Waals surface area contributed by atoms with E-state index in [9.17, 15) is 33.6 Å². The standard InChI is InChI=1S/C38H72N8O13/c1-28(2)35(37(52)45-31(29(3)47)9-7-13-43-38(40)53)46-34(50)11-17-55-21-25-59-26-22-56-18-14-41-33(49)10-16-54-20-24-58-27-23-57-19-15-42-36(51)32(44-30(4)48)8-5-6-12-39/h28,31-32,35H,5-27,39H2,1-4H3,(H,41,49)(H,42,51)(H,44,48)(H,45,52)(H,46,50)(H3,40,43,53). The number of hydrogen-bond donors (Lipinski definition) is 8. The quantitative estimate of drug-likeness (QED) is 0.0323. The molecule has 0 spiro atoms. The van der Waals surface area contributed by atoms with Gasteiger partial charge in [0.2, 0.25) is 29.5 Å². The molecule has 3 atom stereocenters. The lowest BCUT2D eigenvalue weighted by Crippen LogP contribution is -2.53. The summed E-state index contributed by atoms with van der Waals surface area (Å²) in [7, 11) is 0. The first-order valence-corrected chi connectivity index (χ1v) is 20.4. The summed E-state index contributed by atoms with van der Waals surface area (Å²) in [4.78, 5) is 83.8. The van der Waals surface area contributed by atoms with Crippen LogP contribution in [0.1, 0.15) is 72.6 Å². The molecule has 0 aliphatic rings. The number of carbonyl (C=O) groups excluding carboxylic acids is 7. The number of carbonyl (C=O) groups is 7. The van der Waals surface area contributed by atoms with Gasteiger partial charge < -0.3 is 71.8 Å². The third-order valence-corrected chi connectivity index (χ3v) is 8.23. The van der Waals surface area contributed by atoms with Crippen LogP contribution in [0.4, 0.5) is 4.79 Å². The Morgan fingerprint density at radius 3 is 1.49 bits per heavy atom. The summed E-state index contributed by atoms with van der Waals surface area (Å²) < 4.78 is 32.7. The van der Waals surface area contributed by atoms with E-state index in [0.29, 0.717) is 98.4 Å². The van der Waals surface area contributed by atoms with Crippen LogP contribution in [0.15, 0.2) is 0 Å². The fourth-order valence-corrected chi connectivity index (χ4v) is 5.08. The topological polar surface area (TPSA) is 299 Å². The van der Waals surface area contributed by atoms with Gasteiger partial charge in [0.1, 0.15) is 12.1 Å². The summed E-state index contributed by atoms with van der Waals surface area (Å²) in [5.41, 5.74) is 10.5. The van der Waals surface area contributed by atoms with Gasteiger partial charge in [-0.3, -0.25) is 28.8 Å². The van der Waals surface area contributed by atoms with Gasteiger partial charge in [0.15, 0.2) is 5.78 Å². The second-order valence-electron chi connectivity index (χ2n) is 13.7. The number of rotatable bonds is 39. The van der Waals surface area contributed by atoms with E-state index in [2.05, 4.69) is 31.9 Å². The summed E-state index contributed by atoms with van der Waals surface area (Å²) in [6.45, 7) is 11.3. The lowest BCUT2D eigenvalue weighted by molar-refractivity contribution is -0.132. The number of nitrogens with one attached hydrogen (secondary N) is 6. The molecule has 59 heavy (non-hydrogen) atoms. The zero-order valence-corrected chi connectivity index (χ0v) is 35.5. The molecule has 0 aromatic rings. The van der Waals surface area contributed by atoms with Crippen molar-refractivity contribution < 1.29 is 62.0 Å². The van der Waals surface area contributed by atoms with Crippen molar-refractivity contribution in [2.45, 2.75) is 90.8 Å². The first-order valence-electron chi connectivity index (χ1n) is 20.4. The Labute approximate surface area is 348 Å². The van der Waals surface area contributed by atoms with E-state index in [0.717, 1.165) is 12.8 Å². The van der Waals surface area contributed by atoms with Crippen molar-refractivity contribution in [1.82, 2.24) is 31.9 Å². The minimum absolute atomic E-state index is 0.0325. The van der Waals surface area contributed by atoms with Crippen LogP contribution in [0.5, 0.6) is 0 Å². The molecule has 0 aliphatic heterocycles. The second kappa shape index (κ2) is 37.0. The fourth-order valence-electron chi connectivity index (χ4n) is 5.08. The van der Waals surface area contributed by atoms with Gasteiger partial charge in [-0.1, -0.05) is 13.8 Å². The van der Waals surface area contributed by atoms with Gasteiger partial charge in [-0.05, 0) is 51.5 Å². The maximum absolute atomic E-state index is 12.9. The van der Waals surface area contributed by atoms with Crippen molar-refractivity contribution in [2.75, 3.05) is 105 Å². The Morgan fingerprint density at radius 1 is 0.508 bits per heavy atom. The van der Waals surface area contributed by atoms with Crippen LogP contribution in [-0.4, -0.2) is 165 Å². The summed E-state index contributed by atoms with van der Waals surface area (Å²) >= 11 is 0. The molecule has 21 heteroatoms. The number of ketones is 1. The van der Waals surface area contributed by atoms with Crippen LogP contribution in [0, 0.1) is 5.92 Å². The van der Waals surface area contributed by atoms with Crippen LogP contribution in [0.25, 0.3) is 0 Å². The van der Waals surface area contributed by atoms with Gasteiger partial charge in [-0.15, -0.1) is 0 Å². The lowest BCUT2D eigenvalue weighted by Gasteiger charge is -2.24. The van der Waals surface area contributed by atoms with Crippen LogP contribution < -0.4 is 43.4 Å². The molecule has 21 nitrogen and oxygen atoms in total. The largest absolute Gasteiger partial charge is 0.379 e. The van der Waals surface area contributed by atoms with Crippen molar-refractivity contribution in [1.29, 1.82) is 0 Å². The predicted octanol–water partition coefficient (Wildman–Crippen LogP) is -1.60. The van der Waals surface area contributed by atoms with Crippen molar-refractivity contribution in [3.05, 3.63) is 0 Å². The van der Waals surface area contributed by atoms with E-state index in [1.807, 2.05) is 0 Å². The Bertz CT molecular complexity index is 1200. The second-order valence-corrected chi connectivity index (χ2v) is 13.7. The van der Waals surface area contributed by atoms with Gasteiger partial charge in [0, 0.05) is 39.4 Å². The number of primary amides is 1. The molecule has 0 aromatic heterocycles. The van der Waals surface area contributed by atoms with E-state index in [1.54, 1.807) is 13.8 Å². The highest BCUT2D eigenvalue weighted by Gasteiger charge is 2.27. The SMILES string of the molecule is CC(=O)NC(CCCCN)C(=O)NCCOCCOCCOCCC(=O)NCCOCCOCCOCCC(=O)NC(C(=O)NC(CCCNC(N)=O)C(C)=O)C(C)C. The van der Waals surface area contributed by atoms with Gasteiger partial charge in [-0.2, -0.15) is 0 Å². The van der Waals surface area contributed by atoms with E-state index >= 15 is 0 Å². The first kappa shape index (κ1) is 55.0. The van der Waals surface area contributed by atoms with Crippen LogP contribution in [-0.2, 0) is 57.2 Å². The Morgan fingerprint density at radius 2 is 1.00 bits per heavy atom. The number of urea groups is 1. The minimum Gasteiger partial charge on any atom is -0.379 e. The van der Waals surface area contributed by atoms with E-state index in [4.69, 9.17) is 39.9 Å². The maximum Gasteiger partial charge on any atom is 0.312 e. The normalized spacial score (nSPS) is 12.6. The molecule has 0 radical (unpaired) electrons. The molecule has 0 bridgehead atoms. The van der Waals surface area contributed by atoms with E-state index in [1.165, 1.54) is 13.8 Å². The molecular formula is C38H72N8O13. The minimum atomic E-state index is -0.841. The molecule has 0 aromatic carbocycles. The average molecular weight is 849 g/mol. The molecule has 0 aliphatic carbocycles. The third-order valence-electron chi connectivity index (χ3n) is 8.23. The summed E-state index contributed by atoms with van der Waals surface area (Å²) in [5, 5.41) is 16.0. The summed E-state index contributed by atoms with van der Waals surface area (Å²) in [5.74, 6) is -1.99. The molecule has 0 heterocycles. The summed E-state index contributed by atoms with van der Waals surface area (Å²) in [6.07, 6.45) is 3.03. The number of hydrogen-bond acceptors (Lipinski definition) is 14. The number of ether oxygens (including phenoxy) is 6. The van der Waals surface area contributed by atoms with Crippen LogP contribution in [0.2, 0.25) is 0 Å². The Kier molecular flexibility index (Phi) is 34.5. The fraction of sp³-hybridized carbons (Fsp3) is 0.816. The molecule has 0 saturated carbocycles. The number of Topliss-reactive ketones (excluding diaryl/α,β-unsaturated/α-hetero) is 1. The Hall–Kier alpha value is -3.99. The van der Waals surface area contributed by atoms with Gasteiger partial charge in [-0.25, -0.2) is 4.79 Å². The molecule has 3 unspecified atom stereocenters. The van der Waals surface area contributed by atoms with Crippen LogP contribution in [0.3, 0.4) is 0 Å². The third kappa shape index (κ3) is 33.5. The number of nitrogens with two attached hydrogens (primary N) is 2. The van der Waals surface area contributed by atoms with E-state index < -0.39 is 30.1 Å². The molecule has 10 N–H and O–H groups in total. The van der Waals surface area contributed by atoms with Crippen molar-refractivity contribution in [3.63, 3.8) is 0 Å². The highest BCUT2D eigenvalue weighted by atomic mass is 16.5. The van der Waals surface area contributed by atoms with Gasteiger partial charge >= 0.3 is 6.03 Å². The van der Waals surface area contributed by atoms with Crippen molar-refractivity contribution in [2.24, 2.45) is 17.4 Å². The molecular weight excluding hydrogens is 776 g/mol. The average Bonchev–Trinajstić information content (AvgIpc) is 3.17. The van der Waals surface area contributed by atoms with Gasteiger partial charge in [0.25, 0.3) is 0 Å². The lowest BCUT2D eigenvalue weighted by atomic mass is 10.0. The van der Waals surface area contributed by atoms with Crippen molar-refractivity contribution >= 4 is 41.4 Å². The van der Waals surface area contributed by atoms with Crippen LogP contribution >= 0.6 is 0 Å². The predicted molar refractivity (Wildman–Crippen MR) is 217 cm³/mol. The zero-order valence-electron chi connectivity index (χ0n) is 35.5. The molecule has 0 rings (SSSR count). The molecule has 0 fully saturated rings. The highest BCUT2D eigenvalue weighted by Crippen LogP contribution is 2.06. The zero-order chi connectivity index (χ0) is 44.1. The smallest absolute Gasteiger partial charge is 0.312 e. The summed E-state index contributed by atoms with van der Waals surface area (Å²) in [6, 6.07) is -2.85. The van der Waals surface area contributed by atoms with E-state index in [-0.39, 0.29) is 74.5 Å². The monoisotopic (exact) mass is 849 g/mol. The number of unbranched alkanes of at least 4 members (excludes halogenated alkanes) is 1.